The number of amides is 1. The number of aromatic nitrogens is 5. The van der Waals surface area contributed by atoms with Crippen molar-refractivity contribution in [2.45, 2.75) is 6.92 Å². The Labute approximate surface area is 156 Å². The number of hydrogen-bond acceptors (Lipinski definition) is 5. The van der Waals surface area contributed by atoms with Gasteiger partial charge in [0.2, 0.25) is 0 Å². The molecule has 4 rings (SSSR count). The summed E-state index contributed by atoms with van der Waals surface area (Å²) in [7, 11) is 0. The third kappa shape index (κ3) is 2.82. The van der Waals surface area contributed by atoms with Gasteiger partial charge in [0.05, 0.1) is 16.9 Å². The van der Waals surface area contributed by atoms with E-state index < -0.39 is 5.91 Å². The van der Waals surface area contributed by atoms with E-state index in [-0.39, 0.29) is 11.4 Å². The highest BCUT2D eigenvalue weighted by atomic mass is 79.9. The SMILES string of the molecule is Cc1c(C(=O)Nc2n[nH]c3cc(O)ccc23)nnn1-c1cccc(Br)c1. The number of aromatic amines is 1. The first-order valence-corrected chi connectivity index (χ1v) is 8.49. The number of rotatable bonds is 3. The number of phenols is 1. The molecule has 0 radical (unpaired) electrons. The Hall–Kier alpha value is -3.20. The molecule has 0 unspecified atom stereocenters. The molecule has 0 bridgehead atoms. The molecule has 8 nitrogen and oxygen atoms in total. The second-order valence-corrected chi connectivity index (χ2v) is 6.59. The lowest BCUT2D eigenvalue weighted by Gasteiger charge is -2.04. The molecule has 0 aliphatic heterocycles. The number of fused-ring (bicyclic) bond motifs is 1. The standard InChI is InChI=1S/C17H13BrN6O2/c1-9-15(21-23-24(9)11-4-2-3-10(18)7-11)17(26)19-16-13-6-5-12(25)8-14(13)20-22-16/h2-8,25H,1H3,(H2,19,20,22,26). The summed E-state index contributed by atoms with van der Waals surface area (Å²) in [5, 5.41) is 27.8. The molecule has 0 fully saturated rings. The maximum absolute atomic E-state index is 12.6. The van der Waals surface area contributed by atoms with Gasteiger partial charge >= 0.3 is 0 Å². The van der Waals surface area contributed by atoms with Gasteiger partial charge < -0.3 is 10.4 Å². The van der Waals surface area contributed by atoms with Gasteiger partial charge in [0.25, 0.3) is 5.91 Å². The summed E-state index contributed by atoms with van der Waals surface area (Å²) >= 11 is 3.42. The van der Waals surface area contributed by atoms with Crippen LogP contribution in [0.4, 0.5) is 5.82 Å². The van der Waals surface area contributed by atoms with Gasteiger partial charge in [-0.3, -0.25) is 9.89 Å². The van der Waals surface area contributed by atoms with Crippen LogP contribution in [0.3, 0.4) is 0 Å². The first-order chi connectivity index (χ1) is 12.5. The molecule has 2 aromatic heterocycles. The maximum atomic E-state index is 12.6. The van der Waals surface area contributed by atoms with E-state index >= 15 is 0 Å². The number of benzene rings is 2. The molecule has 9 heteroatoms. The smallest absolute Gasteiger partial charge is 0.279 e. The number of carbonyl (C=O) groups is 1. The van der Waals surface area contributed by atoms with Crippen LogP contribution in [0.15, 0.2) is 46.9 Å². The highest BCUT2D eigenvalue weighted by Gasteiger charge is 2.19. The van der Waals surface area contributed by atoms with Gasteiger partial charge in [-0.25, -0.2) is 4.68 Å². The molecule has 26 heavy (non-hydrogen) atoms. The van der Waals surface area contributed by atoms with Crippen molar-refractivity contribution in [3.63, 3.8) is 0 Å². The second kappa shape index (κ2) is 6.26. The van der Waals surface area contributed by atoms with Crippen LogP contribution in [0.5, 0.6) is 5.75 Å². The fraction of sp³-hybridized carbons (Fsp3) is 0.0588. The maximum Gasteiger partial charge on any atom is 0.279 e. The first-order valence-electron chi connectivity index (χ1n) is 7.69. The number of anilines is 1. The Morgan fingerprint density at radius 3 is 2.92 bits per heavy atom. The van der Waals surface area contributed by atoms with Gasteiger partial charge in [-0.1, -0.05) is 27.2 Å². The van der Waals surface area contributed by atoms with Crippen LogP contribution >= 0.6 is 15.9 Å². The average molecular weight is 413 g/mol. The third-order valence-electron chi connectivity index (χ3n) is 3.94. The summed E-state index contributed by atoms with van der Waals surface area (Å²) in [4.78, 5) is 12.6. The van der Waals surface area contributed by atoms with Crippen molar-refractivity contribution in [1.29, 1.82) is 0 Å². The lowest BCUT2D eigenvalue weighted by atomic mass is 10.2. The summed E-state index contributed by atoms with van der Waals surface area (Å²) in [5.74, 6) is 0.0680. The molecule has 0 aliphatic rings. The number of H-pyrrole nitrogens is 1. The van der Waals surface area contributed by atoms with E-state index in [0.29, 0.717) is 22.4 Å². The van der Waals surface area contributed by atoms with E-state index in [2.05, 4.69) is 41.8 Å². The monoisotopic (exact) mass is 412 g/mol. The molecule has 4 aromatic rings. The molecule has 0 saturated heterocycles. The Morgan fingerprint density at radius 1 is 1.27 bits per heavy atom. The van der Waals surface area contributed by atoms with Crippen molar-refractivity contribution < 1.29 is 9.90 Å². The minimum Gasteiger partial charge on any atom is -0.508 e. The number of aromatic hydroxyl groups is 1. The fourth-order valence-electron chi connectivity index (χ4n) is 2.66. The van der Waals surface area contributed by atoms with Crippen molar-refractivity contribution in [3.05, 3.63) is 58.3 Å². The molecule has 0 spiro atoms. The normalized spacial score (nSPS) is 11.0. The zero-order valence-electron chi connectivity index (χ0n) is 13.6. The minimum absolute atomic E-state index is 0.117. The quantitative estimate of drug-likeness (QED) is 0.478. The Morgan fingerprint density at radius 2 is 2.12 bits per heavy atom. The summed E-state index contributed by atoms with van der Waals surface area (Å²) in [6.07, 6.45) is 0. The zero-order valence-corrected chi connectivity index (χ0v) is 15.1. The van der Waals surface area contributed by atoms with Gasteiger partial charge in [0, 0.05) is 15.9 Å². The highest BCUT2D eigenvalue weighted by molar-refractivity contribution is 9.10. The van der Waals surface area contributed by atoms with Gasteiger partial charge in [0.1, 0.15) is 5.75 Å². The molecule has 1 amide bonds. The number of nitrogens with zero attached hydrogens (tertiary/aromatic N) is 4. The van der Waals surface area contributed by atoms with E-state index in [0.717, 1.165) is 10.2 Å². The second-order valence-electron chi connectivity index (χ2n) is 5.67. The molecular weight excluding hydrogens is 400 g/mol. The first kappa shape index (κ1) is 16.3. The summed E-state index contributed by atoms with van der Waals surface area (Å²) in [6, 6.07) is 12.3. The number of carbonyl (C=O) groups excluding carboxylic acids is 1. The predicted molar refractivity (Wildman–Crippen MR) is 99.5 cm³/mol. The lowest BCUT2D eigenvalue weighted by Crippen LogP contribution is -2.14. The van der Waals surface area contributed by atoms with Crippen molar-refractivity contribution in [1.82, 2.24) is 25.2 Å². The molecule has 2 aromatic carbocycles. The van der Waals surface area contributed by atoms with Crippen LogP contribution in [-0.2, 0) is 0 Å². The number of hydrogen-bond donors (Lipinski definition) is 3. The highest BCUT2D eigenvalue weighted by Crippen LogP contribution is 2.24. The average Bonchev–Trinajstić information content (AvgIpc) is 3.18. The van der Waals surface area contributed by atoms with Gasteiger partial charge in [-0.2, -0.15) is 5.10 Å². The van der Waals surface area contributed by atoms with E-state index in [4.69, 9.17) is 0 Å². The number of nitrogens with one attached hydrogen (secondary N) is 2. The van der Waals surface area contributed by atoms with Crippen molar-refractivity contribution >= 4 is 38.6 Å². The van der Waals surface area contributed by atoms with E-state index in [1.54, 1.807) is 17.7 Å². The van der Waals surface area contributed by atoms with E-state index in [9.17, 15) is 9.90 Å². The van der Waals surface area contributed by atoms with Crippen LogP contribution in [-0.4, -0.2) is 36.2 Å². The minimum atomic E-state index is -0.412. The number of halogens is 1. The van der Waals surface area contributed by atoms with Crippen molar-refractivity contribution in [2.24, 2.45) is 0 Å². The van der Waals surface area contributed by atoms with Gasteiger partial charge in [0.15, 0.2) is 11.5 Å². The van der Waals surface area contributed by atoms with Crippen LogP contribution in [0.1, 0.15) is 16.2 Å². The fourth-order valence-corrected chi connectivity index (χ4v) is 3.05. The van der Waals surface area contributed by atoms with Crippen LogP contribution in [0.2, 0.25) is 0 Å². The molecular formula is C17H13BrN6O2. The molecule has 3 N–H and O–H groups in total. The van der Waals surface area contributed by atoms with Crippen LogP contribution < -0.4 is 5.32 Å². The van der Waals surface area contributed by atoms with Crippen molar-refractivity contribution in [2.75, 3.05) is 5.32 Å². The topological polar surface area (TPSA) is 109 Å². The van der Waals surface area contributed by atoms with Gasteiger partial charge in [-0.15, -0.1) is 5.10 Å². The Balaban J connectivity index is 1.64. The summed E-state index contributed by atoms with van der Waals surface area (Å²) < 4.78 is 2.50. The Kier molecular flexibility index (Phi) is 3.92. The van der Waals surface area contributed by atoms with Crippen LogP contribution in [0, 0.1) is 6.92 Å². The molecule has 130 valence electrons. The predicted octanol–water partition coefficient (Wildman–Crippen LogP) is 3.17. The molecule has 0 atom stereocenters. The van der Waals surface area contributed by atoms with Crippen LogP contribution in [0.25, 0.3) is 16.6 Å². The lowest BCUT2D eigenvalue weighted by molar-refractivity contribution is 0.102. The third-order valence-corrected chi connectivity index (χ3v) is 4.43. The molecule has 2 heterocycles. The largest absolute Gasteiger partial charge is 0.508 e. The van der Waals surface area contributed by atoms with Crippen molar-refractivity contribution in [3.8, 4) is 11.4 Å². The van der Waals surface area contributed by atoms with Gasteiger partial charge in [-0.05, 0) is 37.3 Å². The summed E-state index contributed by atoms with van der Waals surface area (Å²) in [6.45, 7) is 1.77. The molecule has 0 aliphatic carbocycles. The summed E-state index contributed by atoms with van der Waals surface area (Å²) in [5.41, 5.74) is 2.23. The Bertz CT molecular complexity index is 1130. The number of phenolic OH excluding ortho intramolecular Hbond substituents is 1. The van der Waals surface area contributed by atoms with E-state index in [1.807, 2.05) is 24.3 Å². The zero-order chi connectivity index (χ0) is 18.3. The van der Waals surface area contributed by atoms with E-state index in [1.165, 1.54) is 12.1 Å². The molecule has 0 saturated carbocycles.